The minimum absolute atomic E-state index is 0.0281. The summed E-state index contributed by atoms with van der Waals surface area (Å²) >= 11 is 0. The Labute approximate surface area is 158 Å². The van der Waals surface area contributed by atoms with Crippen molar-refractivity contribution in [1.29, 1.82) is 0 Å². The third-order valence-corrected chi connectivity index (χ3v) is 6.61. The Morgan fingerprint density at radius 2 is 1.85 bits per heavy atom. The third-order valence-electron chi connectivity index (χ3n) is 4.84. The summed E-state index contributed by atoms with van der Waals surface area (Å²) in [5, 5.41) is 2.86. The Bertz CT molecular complexity index is 1070. The van der Waals surface area contributed by atoms with E-state index in [0.717, 1.165) is 22.4 Å². The number of carbonyl (C=O) groups excluding carboxylic acids is 1. The van der Waals surface area contributed by atoms with Crippen LogP contribution in [0.2, 0.25) is 0 Å². The fraction of sp³-hybridized carbons (Fsp3) is 0.300. The van der Waals surface area contributed by atoms with Crippen molar-refractivity contribution in [2.75, 3.05) is 11.5 Å². The van der Waals surface area contributed by atoms with E-state index in [4.69, 9.17) is 4.98 Å². The number of hydrogen-bond acceptors (Lipinski definition) is 4. The molecular weight excluding hydrogens is 362 g/mol. The molecule has 1 aliphatic heterocycles. The fourth-order valence-corrected chi connectivity index (χ4v) is 5.21. The van der Waals surface area contributed by atoms with E-state index in [2.05, 4.69) is 5.32 Å². The Morgan fingerprint density at radius 1 is 1.11 bits per heavy atom. The summed E-state index contributed by atoms with van der Waals surface area (Å²) in [6, 6.07) is 17.4. The predicted molar refractivity (Wildman–Crippen MR) is 104 cm³/mol. The lowest BCUT2D eigenvalue weighted by atomic mass is 10.1. The molecule has 4 rings (SSSR count). The first-order valence-electron chi connectivity index (χ1n) is 8.98. The van der Waals surface area contributed by atoms with Gasteiger partial charge in [-0.15, -0.1) is 0 Å². The Balaban J connectivity index is 1.58. The van der Waals surface area contributed by atoms with E-state index >= 15 is 0 Å². The number of amides is 1. The van der Waals surface area contributed by atoms with Crippen LogP contribution in [0.25, 0.3) is 11.0 Å². The van der Waals surface area contributed by atoms with Gasteiger partial charge < -0.3 is 9.88 Å². The number of para-hydroxylation sites is 2. The number of sulfone groups is 1. The summed E-state index contributed by atoms with van der Waals surface area (Å²) in [6.07, 6.45) is 1.11. The van der Waals surface area contributed by atoms with Crippen LogP contribution in [0, 0.1) is 0 Å². The van der Waals surface area contributed by atoms with Gasteiger partial charge in [0.05, 0.1) is 22.5 Å². The Hall–Kier alpha value is -2.67. The molecular formula is C20H21N3O3S. The van der Waals surface area contributed by atoms with E-state index in [-0.39, 0.29) is 30.0 Å². The number of imidazole rings is 1. The summed E-state index contributed by atoms with van der Waals surface area (Å²) in [5.41, 5.74) is 2.87. The highest BCUT2D eigenvalue weighted by Gasteiger charge is 2.29. The van der Waals surface area contributed by atoms with E-state index in [1.165, 1.54) is 0 Å². The molecule has 1 aromatic heterocycles. The maximum atomic E-state index is 12.6. The zero-order chi connectivity index (χ0) is 18.9. The molecule has 1 N–H and O–H groups in total. The van der Waals surface area contributed by atoms with Crippen LogP contribution >= 0.6 is 0 Å². The largest absolute Gasteiger partial charge is 0.351 e. The standard InChI is InChI=1S/C20H21N3O3S/c24-20(21-16-10-11-27(25,26)14-16)13-23-18-9-5-4-8-17(18)22-19(23)12-15-6-2-1-3-7-15/h1-9,16H,10-14H2,(H,21,24)/t16-/m1/s1. The molecule has 1 amide bonds. The highest BCUT2D eigenvalue weighted by molar-refractivity contribution is 7.91. The number of rotatable bonds is 5. The molecule has 6 nitrogen and oxygen atoms in total. The number of benzene rings is 2. The second kappa shape index (κ2) is 7.15. The minimum Gasteiger partial charge on any atom is -0.351 e. The summed E-state index contributed by atoms with van der Waals surface area (Å²) in [5.74, 6) is 0.803. The molecule has 2 heterocycles. The normalized spacial score (nSPS) is 18.6. The third kappa shape index (κ3) is 4.03. The molecule has 140 valence electrons. The van der Waals surface area contributed by atoms with E-state index < -0.39 is 9.84 Å². The van der Waals surface area contributed by atoms with Crippen LogP contribution < -0.4 is 5.32 Å². The monoisotopic (exact) mass is 383 g/mol. The number of fused-ring (bicyclic) bond motifs is 1. The van der Waals surface area contributed by atoms with Gasteiger partial charge in [0.2, 0.25) is 5.91 Å². The first-order valence-corrected chi connectivity index (χ1v) is 10.8. The second-order valence-corrected chi connectivity index (χ2v) is 9.16. The average Bonchev–Trinajstić information content (AvgIpc) is 3.15. The SMILES string of the molecule is O=C(Cn1c(Cc2ccccc2)nc2ccccc21)N[C@@H]1CCS(=O)(=O)C1. The summed E-state index contributed by atoms with van der Waals surface area (Å²) in [7, 11) is -3.02. The molecule has 0 bridgehead atoms. The van der Waals surface area contributed by atoms with Crippen molar-refractivity contribution in [2.24, 2.45) is 0 Å². The summed E-state index contributed by atoms with van der Waals surface area (Å²) in [4.78, 5) is 17.3. The van der Waals surface area contributed by atoms with Gasteiger partial charge in [-0.25, -0.2) is 13.4 Å². The maximum Gasteiger partial charge on any atom is 0.240 e. The van der Waals surface area contributed by atoms with Gasteiger partial charge in [-0.3, -0.25) is 4.79 Å². The zero-order valence-corrected chi connectivity index (χ0v) is 15.7. The highest BCUT2D eigenvalue weighted by atomic mass is 32.2. The molecule has 1 fully saturated rings. The van der Waals surface area contributed by atoms with Gasteiger partial charge in [0.25, 0.3) is 0 Å². The number of aromatic nitrogens is 2. The Kier molecular flexibility index (Phi) is 4.70. The average molecular weight is 383 g/mol. The number of hydrogen-bond donors (Lipinski definition) is 1. The molecule has 3 aromatic rings. The molecule has 0 radical (unpaired) electrons. The number of nitrogens with zero attached hydrogens (tertiary/aromatic N) is 2. The fourth-order valence-electron chi connectivity index (χ4n) is 3.54. The van der Waals surface area contributed by atoms with Crippen LogP contribution in [0.3, 0.4) is 0 Å². The lowest BCUT2D eigenvalue weighted by Gasteiger charge is -2.13. The van der Waals surface area contributed by atoms with Crippen molar-refractivity contribution in [2.45, 2.75) is 25.4 Å². The molecule has 1 saturated heterocycles. The summed E-state index contributed by atoms with van der Waals surface area (Å²) in [6.45, 7) is 0.124. The van der Waals surface area contributed by atoms with Gasteiger partial charge in [0.15, 0.2) is 9.84 Å². The Morgan fingerprint density at radius 3 is 2.59 bits per heavy atom. The highest BCUT2D eigenvalue weighted by Crippen LogP contribution is 2.19. The smallest absolute Gasteiger partial charge is 0.240 e. The van der Waals surface area contributed by atoms with Crippen molar-refractivity contribution in [3.63, 3.8) is 0 Å². The van der Waals surface area contributed by atoms with Gasteiger partial charge in [-0.1, -0.05) is 42.5 Å². The molecule has 1 atom stereocenters. The number of nitrogens with one attached hydrogen (secondary N) is 1. The molecule has 0 aliphatic carbocycles. The van der Waals surface area contributed by atoms with Gasteiger partial charge >= 0.3 is 0 Å². The summed E-state index contributed by atoms with van der Waals surface area (Å²) < 4.78 is 25.1. The van der Waals surface area contributed by atoms with Crippen molar-refractivity contribution in [3.8, 4) is 0 Å². The van der Waals surface area contributed by atoms with E-state index in [9.17, 15) is 13.2 Å². The van der Waals surface area contributed by atoms with E-state index in [1.54, 1.807) is 0 Å². The minimum atomic E-state index is -3.02. The van der Waals surface area contributed by atoms with Crippen LogP contribution in [-0.4, -0.2) is 41.4 Å². The van der Waals surface area contributed by atoms with Gasteiger partial charge in [0.1, 0.15) is 12.4 Å². The van der Waals surface area contributed by atoms with E-state index in [1.807, 2.05) is 59.2 Å². The maximum absolute atomic E-state index is 12.6. The molecule has 27 heavy (non-hydrogen) atoms. The van der Waals surface area contributed by atoms with E-state index in [0.29, 0.717) is 12.8 Å². The van der Waals surface area contributed by atoms with Crippen molar-refractivity contribution in [3.05, 3.63) is 66.0 Å². The topological polar surface area (TPSA) is 81.1 Å². The molecule has 2 aromatic carbocycles. The van der Waals surface area contributed by atoms with Gasteiger partial charge in [-0.2, -0.15) is 0 Å². The van der Waals surface area contributed by atoms with Crippen molar-refractivity contribution < 1.29 is 13.2 Å². The molecule has 1 aliphatic rings. The lowest BCUT2D eigenvalue weighted by Crippen LogP contribution is -2.38. The first kappa shape index (κ1) is 17.7. The van der Waals surface area contributed by atoms with Crippen LogP contribution in [0.4, 0.5) is 0 Å². The lowest BCUT2D eigenvalue weighted by molar-refractivity contribution is -0.122. The predicted octanol–water partition coefficient (Wildman–Crippen LogP) is 1.93. The van der Waals surface area contributed by atoms with Crippen LogP contribution in [0.15, 0.2) is 54.6 Å². The van der Waals surface area contributed by atoms with Crippen LogP contribution in [0.5, 0.6) is 0 Å². The van der Waals surface area contributed by atoms with Crippen molar-refractivity contribution in [1.82, 2.24) is 14.9 Å². The zero-order valence-electron chi connectivity index (χ0n) is 14.8. The van der Waals surface area contributed by atoms with Gasteiger partial charge in [-0.05, 0) is 24.1 Å². The first-order chi connectivity index (χ1) is 13.0. The number of carbonyl (C=O) groups is 1. The van der Waals surface area contributed by atoms with Crippen LogP contribution in [0.1, 0.15) is 17.8 Å². The molecule has 0 saturated carbocycles. The quantitative estimate of drug-likeness (QED) is 0.730. The second-order valence-electron chi connectivity index (χ2n) is 6.93. The van der Waals surface area contributed by atoms with Crippen LogP contribution in [-0.2, 0) is 27.6 Å². The molecule has 7 heteroatoms. The van der Waals surface area contributed by atoms with Crippen molar-refractivity contribution >= 4 is 26.8 Å². The molecule has 0 spiro atoms. The van der Waals surface area contributed by atoms with Gasteiger partial charge in [0, 0.05) is 12.5 Å². The molecule has 0 unspecified atom stereocenters.